The number of thiazole rings is 1. The van der Waals surface area contributed by atoms with Crippen LogP contribution in [-0.4, -0.2) is 17.6 Å². The molecule has 0 N–H and O–H groups in total. The van der Waals surface area contributed by atoms with Crippen LogP contribution in [-0.2, 0) is 4.79 Å². The van der Waals surface area contributed by atoms with Crippen LogP contribution in [0.25, 0.3) is 0 Å². The van der Waals surface area contributed by atoms with Crippen LogP contribution in [0.5, 0.6) is 0 Å². The molecule has 0 radical (unpaired) electrons. The molecule has 0 unspecified atom stereocenters. The van der Waals surface area contributed by atoms with Crippen LogP contribution in [0.15, 0.2) is 5.38 Å². The molecule has 3 nitrogen and oxygen atoms in total. The molecular formula is C7H3NO2S. The van der Waals surface area contributed by atoms with Gasteiger partial charge in [0.1, 0.15) is 5.69 Å². The second kappa shape index (κ2) is 3.64. The van der Waals surface area contributed by atoms with Gasteiger partial charge in [0.25, 0.3) is 0 Å². The standard InChI is InChI=1S/C7H3NO2S/c9-3-1-2-6-5-11-7(4-10)8-6/h3-5H. The Morgan fingerprint density at radius 3 is 2.91 bits per heavy atom. The fourth-order valence-electron chi connectivity index (χ4n) is 0.503. The maximum atomic E-state index is 10.1. The van der Waals surface area contributed by atoms with E-state index < -0.39 is 0 Å². The molecule has 0 saturated carbocycles. The lowest BCUT2D eigenvalue weighted by atomic mass is 10.5. The Balaban J connectivity index is 2.88. The van der Waals surface area contributed by atoms with Crippen molar-refractivity contribution < 1.29 is 9.59 Å². The molecular weight excluding hydrogens is 162 g/mol. The number of carbonyl (C=O) groups excluding carboxylic acids is 2. The lowest BCUT2D eigenvalue weighted by Gasteiger charge is -1.72. The molecule has 1 aromatic rings. The predicted molar refractivity (Wildman–Crippen MR) is 40.4 cm³/mol. The van der Waals surface area contributed by atoms with E-state index in [1.807, 2.05) is 0 Å². The first-order valence-electron chi connectivity index (χ1n) is 2.72. The molecule has 0 aliphatic rings. The highest BCUT2D eigenvalue weighted by atomic mass is 32.1. The van der Waals surface area contributed by atoms with Gasteiger partial charge in [0.05, 0.1) is 0 Å². The van der Waals surface area contributed by atoms with Gasteiger partial charge in [-0.1, -0.05) is 0 Å². The Bertz CT molecular complexity index is 332. The normalized spacial score (nSPS) is 8.00. The largest absolute Gasteiger partial charge is 0.295 e. The van der Waals surface area contributed by atoms with E-state index in [1.165, 1.54) is 11.3 Å². The number of rotatable bonds is 1. The molecule has 0 saturated heterocycles. The number of aldehydes is 2. The summed E-state index contributed by atoms with van der Waals surface area (Å²) >= 11 is 1.20. The zero-order valence-corrected chi connectivity index (χ0v) is 6.22. The minimum Gasteiger partial charge on any atom is -0.295 e. The van der Waals surface area contributed by atoms with Crippen molar-refractivity contribution in [1.82, 2.24) is 4.98 Å². The lowest BCUT2D eigenvalue weighted by molar-refractivity contribution is -0.103. The van der Waals surface area contributed by atoms with Gasteiger partial charge < -0.3 is 0 Å². The quantitative estimate of drug-likeness (QED) is 0.450. The maximum Gasteiger partial charge on any atom is 0.193 e. The van der Waals surface area contributed by atoms with Crippen molar-refractivity contribution in [3.8, 4) is 11.8 Å². The van der Waals surface area contributed by atoms with E-state index >= 15 is 0 Å². The van der Waals surface area contributed by atoms with Gasteiger partial charge in [-0.15, -0.1) is 11.3 Å². The van der Waals surface area contributed by atoms with Gasteiger partial charge in [-0.2, -0.15) is 0 Å². The van der Waals surface area contributed by atoms with Gasteiger partial charge in [0, 0.05) is 5.38 Å². The van der Waals surface area contributed by atoms with Crippen molar-refractivity contribution >= 4 is 23.9 Å². The third-order valence-corrected chi connectivity index (χ3v) is 1.65. The zero-order chi connectivity index (χ0) is 8.10. The van der Waals surface area contributed by atoms with Gasteiger partial charge in [-0.3, -0.25) is 9.59 Å². The average Bonchev–Trinajstić information content (AvgIpc) is 2.48. The van der Waals surface area contributed by atoms with E-state index in [0.29, 0.717) is 23.3 Å². The fourth-order valence-corrected chi connectivity index (χ4v) is 1.05. The summed E-state index contributed by atoms with van der Waals surface area (Å²) in [7, 11) is 0. The molecule has 0 aliphatic heterocycles. The van der Waals surface area contributed by atoms with Gasteiger partial charge in [0.2, 0.25) is 0 Å². The summed E-state index contributed by atoms with van der Waals surface area (Å²) in [6.45, 7) is 0. The van der Waals surface area contributed by atoms with E-state index in [1.54, 1.807) is 5.38 Å². The Hall–Kier alpha value is -1.47. The summed E-state index contributed by atoms with van der Waals surface area (Å²) in [5.41, 5.74) is 0.462. The van der Waals surface area contributed by atoms with E-state index in [0.717, 1.165) is 0 Å². The molecule has 1 rings (SSSR count). The first-order valence-corrected chi connectivity index (χ1v) is 3.60. The molecule has 0 atom stereocenters. The van der Waals surface area contributed by atoms with E-state index in [-0.39, 0.29) is 0 Å². The summed E-state index contributed by atoms with van der Waals surface area (Å²) in [6.07, 6.45) is 1.14. The first-order chi connectivity index (χ1) is 5.36. The van der Waals surface area contributed by atoms with E-state index in [2.05, 4.69) is 16.8 Å². The van der Waals surface area contributed by atoms with Crippen molar-refractivity contribution in [2.24, 2.45) is 0 Å². The number of nitrogens with zero attached hydrogens (tertiary/aromatic N) is 1. The SMILES string of the molecule is O=CC#Cc1csc(C=O)n1. The maximum absolute atomic E-state index is 10.1. The minimum atomic E-state index is 0.375. The van der Waals surface area contributed by atoms with Crippen molar-refractivity contribution in [2.45, 2.75) is 0 Å². The summed E-state index contributed by atoms with van der Waals surface area (Å²) in [5, 5.41) is 2.00. The van der Waals surface area contributed by atoms with E-state index in [9.17, 15) is 9.59 Å². The van der Waals surface area contributed by atoms with Gasteiger partial charge >= 0.3 is 0 Å². The molecule has 0 fully saturated rings. The third-order valence-electron chi connectivity index (χ3n) is 0.882. The van der Waals surface area contributed by atoms with Gasteiger partial charge in [0.15, 0.2) is 17.6 Å². The van der Waals surface area contributed by atoms with Crippen LogP contribution in [0, 0.1) is 11.8 Å². The molecule has 54 valence electrons. The monoisotopic (exact) mass is 165 g/mol. The summed E-state index contributed by atoms with van der Waals surface area (Å²) in [5.74, 6) is 4.67. The van der Waals surface area contributed by atoms with E-state index in [4.69, 9.17) is 0 Å². The Morgan fingerprint density at radius 1 is 1.55 bits per heavy atom. The second-order valence-corrected chi connectivity index (χ2v) is 2.47. The molecule has 0 bridgehead atoms. The smallest absolute Gasteiger partial charge is 0.193 e. The molecule has 1 aromatic heterocycles. The Kier molecular flexibility index (Phi) is 2.53. The number of carbonyl (C=O) groups is 2. The zero-order valence-electron chi connectivity index (χ0n) is 5.40. The van der Waals surface area contributed by atoms with Crippen molar-refractivity contribution in [3.05, 3.63) is 16.1 Å². The Labute approximate surface area is 67.1 Å². The summed E-state index contributed by atoms with van der Waals surface area (Å²) in [6, 6.07) is 0. The predicted octanol–water partition coefficient (Wildman–Crippen LogP) is 0.506. The molecule has 0 aromatic carbocycles. The number of aromatic nitrogens is 1. The summed E-state index contributed by atoms with van der Waals surface area (Å²) < 4.78 is 0. The summed E-state index contributed by atoms with van der Waals surface area (Å²) in [4.78, 5) is 23.7. The topological polar surface area (TPSA) is 47.0 Å². The van der Waals surface area contributed by atoms with Crippen LogP contribution >= 0.6 is 11.3 Å². The highest BCUT2D eigenvalue weighted by molar-refractivity contribution is 7.11. The van der Waals surface area contributed by atoms with Crippen molar-refractivity contribution in [3.63, 3.8) is 0 Å². The molecule has 1 heterocycles. The van der Waals surface area contributed by atoms with Gasteiger partial charge in [-0.25, -0.2) is 4.98 Å². The highest BCUT2D eigenvalue weighted by Gasteiger charge is 1.95. The van der Waals surface area contributed by atoms with Crippen LogP contribution in [0.4, 0.5) is 0 Å². The van der Waals surface area contributed by atoms with Crippen molar-refractivity contribution in [2.75, 3.05) is 0 Å². The van der Waals surface area contributed by atoms with Crippen LogP contribution in [0.1, 0.15) is 15.5 Å². The lowest BCUT2D eigenvalue weighted by Crippen LogP contribution is -1.77. The third kappa shape index (κ3) is 1.99. The van der Waals surface area contributed by atoms with Crippen LogP contribution < -0.4 is 0 Å². The number of hydrogen-bond donors (Lipinski definition) is 0. The van der Waals surface area contributed by atoms with Crippen molar-refractivity contribution in [1.29, 1.82) is 0 Å². The minimum absolute atomic E-state index is 0.375. The Morgan fingerprint density at radius 2 is 2.36 bits per heavy atom. The van der Waals surface area contributed by atoms with Crippen LogP contribution in [0.2, 0.25) is 0 Å². The molecule has 11 heavy (non-hydrogen) atoms. The fraction of sp³-hybridized carbons (Fsp3) is 0. The molecule has 0 amide bonds. The molecule has 4 heteroatoms. The second-order valence-electron chi connectivity index (χ2n) is 1.58. The van der Waals surface area contributed by atoms with Gasteiger partial charge in [-0.05, 0) is 11.8 Å². The molecule has 0 spiro atoms. The first kappa shape index (κ1) is 7.63. The highest BCUT2D eigenvalue weighted by Crippen LogP contribution is 2.04. The van der Waals surface area contributed by atoms with Crippen LogP contribution in [0.3, 0.4) is 0 Å². The average molecular weight is 165 g/mol. The molecule has 0 aliphatic carbocycles. The number of hydrogen-bond acceptors (Lipinski definition) is 4.